The molecule has 2 aromatic heterocycles. The molecule has 2 saturated heterocycles. The maximum absolute atomic E-state index is 13.4. The lowest BCUT2D eigenvalue weighted by Crippen LogP contribution is -2.31. The van der Waals surface area contributed by atoms with Gasteiger partial charge in [-0.15, -0.1) is 0 Å². The highest BCUT2D eigenvalue weighted by Crippen LogP contribution is 2.36. The molecule has 2 aliphatic carbocycles. The number of benzene rings is 2. The van der Waals surface area contributed by atoms with Gasteiger partial charge in [-0.05, 0) is 93.7 Å². The minimum absolute atomic E-state index is 0.153. The van der Waals surface area contributed by atoms with Crippen molar-refractivity contribution in [3.8, 4) is 5.00 Å². The zero-order valence-corrected chi connectivity index (χ0v) is 35.9. The lowest BCUT2D eigenvalue weighted by atomic mass is 10.1. The van der Waals surface area contributed by atoms with Gasteiger partial charge in [0.1, 0.15) is 5.00 Å². The minimum Gasteiger partial charge on any atom is -0.479 e. The lowest BCUT2D eigenvalue weighted by molar-refractivity contribution is -0.158. The van der Waals surface area contributed by atoms with Crippen molar-refractivity contribution in [1.82, 2.24) is 14.8 Å². The van der Waals surface area contributed by atoms with E-state index in [4.69, 9.17) is 23.7 Å². The SMILES string of the molecule is CCOC(=O)c1cnn(-c2cnc(NC(=O)C(OC3CCOCC3)c3ccc(S(=O)(=O)C4CC4)cc3)s2)c1.O=C(O)C(OC1CCOCC1)c1ccc(S(=O)(=O)C2CC2)cc1. The first-order valence-corrected chi connectivity index (χ1v) is 24.1. The molecular formula is C41H48N4O13S3. The number of aliphatic carboxylic acids is 1. The van der Waals surface area contributed by atoms with Crippen LogP contribution >= 0.6 is 11.3 Å². The Hall–Kier alpha value is -4.57. The van der Waals surface area contributed by atoms with Crippen LogP contribution in [-0.2, 0) is 52.9 Å². The van der Waals surface area contributed by atoms with E-state index >= 15 is 0 Å². The highest BCUT2D eigenvalue weighted by atomic mass is 32.2. The molecule has 1 amide bonds. The summed E-state index contributed by atoms with van der Waals surface area (Å²) in [7, 11) is -6.60. The average molecular weight is 901 g/mol. The molecule has 0 spiro atoms. The number of nitrogens with one attached hydrogen (secondary N) is 1. The maximum atomic E-state index is 13.4. The number of hydrogen-bond acceptors (Lipinski definition) is 15. The summed E-state index contributed by atoms with van der Waals surface area (Å²) in [5, 5.41) is 16.7. The molecule has 20 heteroatoms. The van der Waals surface area contributed by atoms with Crippen LogP contribution in [0.15, 0.2) is 76.9 Å². The van der Waals surface area contributed by atoms with Crippen LogP contribution in [0.25, 0.3) is 5.00 Å². The van der Waals surface area contributed by atoms with Gasteiger partial charge in [-0.1, -0.05) is 35.6 Å². The van der Waals surface area contributed by atoms with E-state index in [9.17, 15) is 36.3 Å². The van der Waals surface area contributed by atoms with E-state index < -0.39 is 49.7 Å². The number of hydrogen-bond donors (Lipinski definition) is 2. The molecule has 4 aliphatic rings. The predicted molar refractivity (Wildman–Crippen MR) is 220 cm³/mol. The highest BCUT2D eigenvalue weighted by Gasteiger charge is 2.38. The smallest absolute Gasteiger partial charge is 0.341 e. The Morgan fingerprint density at radius 2 is 1.26 bits per heavy atom. The van der Waals surface area contributed by atoms with Crippen molar-refractivity contribution in [2.75, 3.05) is 38.4 Å². The highest BCUT2D eigenvalue weighted by molar-refractivity contribution is 7.92. The van der Waals surface area contributed by atoms with Gasteiger partial charge >= 0.3 is 11.9 Å². The zero-order chi connectivity index (χ0) is 43.1. The first-order valence-electron chi connectivity index (χ1n) is 20.2. The van der Waals surface area contributed by atoms with Crippen LogP contribution in [0.4, 0.5) is 5.13 Å². The van der Waals surface area contributed by atoms with Gasteiger partial charge in [0.25, 0.3) is 5.91 Å². The molecule has 2 atom stereocenters. The van der Waals surface area contributed by atoms with E-state index in [1.54, 1.807) is 19.1 Å². The Bertz CT molecular complexity index is 2360. The van der Waals surface area contributed by atoms with E-state index in [1.165, 1.54) is 71.0 Å². The number of ether oxygens (including phenoxy) is 5. The number of carbonyl (C=O) groups is 3. The lowest BCUT2D eigenvalue weighted by Gasteiger charge is -2.27. The van der Waals surface area contributed by atoms with E-state index in [2.05, 4.69) is 15.4 Å². The number of amides is 1. The zero-order valence-electron chi connectivity index (χ0n) is 33.4. The molecule has 17 nitrogen and oxygen atoms in total. The van der Waals surface area contributed by atoms with Crippen LogP contribution in [0, 0.1) is 0 Å². The van der Waals surface area contributed by atoms with Crippen molar-refractivity contribution in [2.24, 2.45) is 0 Å². The standard InChI is InChI=1S/C25H28N4O7S2.C16H20O6S/c1-2-35-24(31)17-13-27-29(15-17)21-14-26-25(37-21)28-23(30)22(36-18-9-11-34-12-10-18)16-3-5-19(6-4-16)38(32,33)20-7-8-20;17-16(18)15(22-12-7-9-21-10-8-12)11-1-3-13(4-2-11)23(19,20)14-5-6-14/h3-6,13-15,18,20,22H,2,7-12H2,1H3,(H,26,28,30);1-4,12,14-15H,5-10H2,(H,17,18). The monoisotopic (exact) mass is 900 g/mol. The molecule has 4 aromatic rings. The second-order valence-corrected chi connectivity index (χ2v) is 20.5. The summed E-state index contributed by atoms with van der Waals surface area (Å²) in [6, 6.07) is 12.4. The van der Waals surface area contributed by atoms with E-state index in [-0.39, 0.29) is 39.1 Å². The van der Waals surface area contributed by atoms with Crippen molar-refractivity contribution in [1.29, 1.82) is 0 Å². The minimum atomic E-state index is -3.34. The van der Waals surface area contributed by atoms with Crippen molar-refractivity contribution in [2.45, 2.75) is 103 Å². The molecule has 0 radical (unpaired) electrons. The molecule has 4 heterocycles. The van der Waals surface area contributed by atoms with Crippen LogP contribution in [-0.4, -0.2) is 110 Å². The molecule has 2 aliphatic heterocycles. The van der Waals surface area contributed by atoms with Gasteiger partial charge < -0.3 is 28.8 Å². The molecule has 8 rings (SSSR count). The number of rotatable bonds is 16. The van der Waals surface area contributed by atoms with Crippen LogP contribution in [0.5, 0.6) is 0 Å². The van der Waals surface area contributed by atoms with Crippen molar-refractivity contribution >= 4 is 54.0 Å². The summed E-state index contributed by atoms with van der Waals surface area (Å²) in [5.41, 5.74) is 1.31. The van der Waals surface area contributed by atoms with Gasteiger partial charge in [0, 0.05) is 32.6 Å². The predicted octanol–water partition coefficient (Wildman–Crippen LogP) is 5.26. The Morgan fingerprint density at radius 1 is 0.770 bits per heavy atom. The third-order valence-electron chi connectivity index (χ3n) is 10.4. The van der Waals surface area contributed by atoms with Gasteiger partial charge in [0.05, 0.1) is 57.1 Å². The molecule has 4 fully saturated rings. The maximum Gasteiger partial charge on any atom is 0.341 e. The number of carboxylic acids is 1. The summed E-state index contributed by atoms with van der Waals surface area (Å²) >= 11 is 1.18. The summed E-state index contributed by atoms with van der Waals surface area (Å²) in [5.74, 6) is -1.97. The number of sulfone groups is 2. The second kappa shape index (κ2) is 19.6. The van der Waals surface area contributed by atoms with E-state index in [0.29, 0.717) is 105 Å². The van der Waals surface area contributed by atoms with Crippen molar-refractivity contribution in [3.63, 3.8) is 0 Å². The Labute approximate surface area is 357 Å². The number of carbonyl (C=O) groups excluding carboxylic acids is 2. The summed E-state index contributed by atoms with van der Waals surface area (Å²) in [6.07, 6.45) is 7.49. The fraction of sp³-hybridized carbons (Fsp3) is 0.488. The molecule has 61 heavy (non-hydrogen) atoms. The van der Waals surface area contributed by atoms with Gasteiger partial charge in [-0.3, -0.25) is 10.1 Å². The quantitative estimate of drug-likeness (QED) is 0.137. The average Bonchev–Trinajstić information content (AvgIpc) is 4.21. The van der Waals surface area contributed by atoms with Gasteiger partial charge in [0.15, 0.2) is 37.0 Å². The Kier molecular flexibility index (Phi) is 14.3. The molecular weight excluding hydrogens is 853 g/mol. The van der Waals surface area contributed by atoms with E-state index in [1.807, 2.05) is 0 Å². The second-order valence-electron chi connectivity index (χ2n) is 15.0. The van der Waals surface area contributed by atoms with Crippen LogP contribution in [0.2, 0.25) is 0 Å². The number of esters is 1. The number of anilines is 1. The van der Waals surface area contributed by atoms with Crippen LogP contribution in [0.1, 0.15) is 92.0 Å². The first-order chi connectivity index (χ1) is 29.3. The molecule has 2 aromatic carbocycles. The molecule has 2 unspecified atom stereocenters. The number of nitrogens with zero attached hydrogens (tertiary/aromatic N) is 3. The fourth-order valence-corrected chi connectivity index (χ4v) is 10.8. The Balaban J connectivity index is 0.000000208. The molecule has 2 N–H and O–H groups in total. The summed E-state index contributed by atoms with van der Waals surface area (Å²) in [4.78, 5) is 41.6. The first kappa shape index (κ1) is 44.5. The van der Waals surface area contributed by atoms with Crippen LogP contribution in [0.3, 0.4) is 0 Å². The largest absolute Gasteiger partial charge is 0.479 e. The van der Waals surface area contributed by atoms with Crippen molar-refractivity contribution in [3.05, 3.63) is 83.8 Å². The Morgan fingerprint density at radius 3 is 1.74 bits per heavy atom. The summed E-state index contributed by atoms with van der Waals surface area (Å²) < 4.78 is 78.5. The van der Waals surface area contributed by atoms with Gasteiger partial charge in [-0.25, -0.2) is 36.1 Å². The third kappa shape index (κ3) is 11.3. The molecule has 328 valence electrons. The topological polar surface area (TPSA) is 229 Å². The number of thiazole rings is 1. The van der Waals surface area contributed by atoms with Gasteiger partial charge in [0.2, 0.25) is 0 Å². The number of aromatic nitrogens is 3. The fourth-order valence-electron chi connectivity index (χ4n) is 6.75. The molecule has 0 bridgehead atoms. The van der Waals surface area contributed by atoms with Crippen molar-refractivity contribution < 1.29 is 60.0 Å². The van der Waals surface area contributed by atoms with Crippen LogP contribution < -0.4 is 5.32 Å². The van der Waals surface area contributed by atoms with Gasteiger partial charge in [-0.2, -0.15) is 5.10 Å². The number of carboxylic acid groups (broad SMARTS) is 1. The third-order valence-corrected chi connectivity index (χ3v) is 15.9. The normalized spacial score (nSPS) is 18.6. The summed E-state index contributed by atoms with van der Waals surface area (Å²) in [6.45, 7) is 4.21. The van der Waals surface area contributed by atoms with E-state index in [0.717, 1.165) is 0 Å². The molecule has 2 saturated carbocycles.